The highest BCUT2D eigenvalue weighted by Gasteiger charge is 2.16. The Kier molecular flexibility index (Phi) is 5.75. The fraction of sp³-hybridized carbons (Fsp3) is 0.250. The highest BCUT2D eigenvalue weighted by molar-refractivity contribution is 7.84. The van der Waals surface area contributed by atoms with E-state index in [4.69, 9.17) is 9.92 Å². The maximum Gasteiger partial charge on any atom is 0.384 e. The van der Waals surface area contributed by atoms with E-state index in [9.17, 15) is 8.42 Å². The van der Waals surface area contributed by atoms with Gasteiger partial charge in [0.1, 0.15) is 11.3 Å². The average molecular weight is 451 g/mol. The standard InChI is InChI=1S/C24H26N4O3S/c1-15-5-10-20-21-13-17(14-26-23(21)24(25)27-22(20)11-15)6-7-18-8-9-19(12-16(18)2)31-32(29,30)28(3)4/h5,8-14H,6-7H2,1-4H3,(H2,25,27). The van der Waals surface area contributed by atoms with Crippen LogP contribution in [-0.2, 0) is 23.1 Å². The molecule has 0 atom stereocenters. The van der Waals surface area contributed by atoms with Gasteiger partial charge in [0.05, 0.1) is 5.52 Å². The number of benzene rings is 2. The lowest BCUT2D eigenvalue weighted by molar-refractivity contribution is 0.421. The molecule has 32 heavy (non-hydrogen) atoms. The molecule has 0 saturated heterocycles. The Morgan fingerprint density at radius 1 is 1.00 bits per heavy atom. The number of nitrogen functional groups attached to an aromatic ring is 1. The van der Waals surface area contributed by atoms with E-state index < -0.39 is 10.3 Å². The molecule has 0 bridgehead atoms. The summed E-state index contributed by atoms with van der Waals surface area (Å²) < 4.78 is 30.0. The summed E-state index contributed by atoms with van der Waals surface area (Å²) in [6, 6.07) is 13.6. The van der Waals surface area contributed by atoms with Crippen LogP contribution in [0, 0.1) is 13.8 Å². The molecule has 0 fully saturated rings. The fourth-order valence-corrected chi connectivity index (χ4v) is 4.17. The first-order valence-corrected chi connectivity index (χ1v) is 11.7. The van der Waals surface area contributed by atoms with E-state index in [1.807, 2.05) is 32.2 Å². The minimum atomic E-state index is -3.77. The first kappa shape index (κ1) is 22.0. The van der Waals surface area contributed by atoms with Gasteiger partial charge in [-0.25, -0.2) is 4.98 Å². The minimum Gasteiger partial charge on any atom is -0.382 e. The van der Waals surface area contributed by atoms with Crippen molar-refractivity contribution in [2.24, 2.45) is 0 Å². The van der Waals surface area contributed by atoms with Gasteiger partial charge in [-0.3, -0.25) is 4.98 Å². The van der Waals surface area contributed by atoms with Crippen molar-refractivity contribution < 1.29 is 12.6 Å². The zero-order valence-electron chi connectivity index (χ0n) is 18.6. The Morgan fingerprint density at radius 3 is 2.50 bits per heavy atom. The van der Waals surface area contributed by atoms with Crippen LogP contribution in [-0.4, -0.2) is 36.8 Å². The van der Waals surface area contributed by atoms with Crippen molar-refractivity contribution in [2.45, 2.75) is 26.7 Å². The van der Waals surface area contributed by atoms with Gasteiger partial charge in [0.25, 0.3) is 0 Å². The third kappa shape index (κ3) is 4.37. The Balaban J connectivity index is 1.58. The number of nitrogens with two attached hydrogens (primary N) is 1. The van der Waals surface area contributed by atoms with Crippen LogP contribution >= 0.6 is 0 Å². The summed E-state index contributed by atoms with van der Waals surface area (Å²) in [5, 5.41) is 2.04. The second-order valence-corrected chi connectivity index (χ2v) is 9.92. The molecule has 7 nitrogen and oxygen atoms in total. The van der Waals surface area contributed by atoms with Crippen molar-refractivity contribution in [3.05, 3.63) is 70.9 Å². The molecule has 4 rings (SSSR count). The van der Waals surface area contributed by atoms with Crippen LogP contribution in [0.1, 0.15) is 22.3 Å². The lowest BCUT2D eigenvalue weighted by atomic mass is 9.99. The zero-order valence-corrected chi connectivity index (χ0v) is 19.4. The molecule has 2 aromatic heterocycles. The summed E-state index contributed by atoms with van der Waals surface area (Å²) in [5.74, 6) is 0.737. The van der Waals surface area contributed by atoms with Crippen LogP contribution in [0.15, 0.2) is 48.7 Å². The highest BCUT2D eigenvalue weighted by Crippen LogP contribution is 2.28. The predicted molar refractivity (Wildman–Crippen MR) is 128 cm³/mol. The predicted octanol–water partition coefficient (Wildman–Crippen LogP) is 3.95. The quantitative estimate of drug-likeness (QED) is 0.447. The normalized spacial score (nSPS) is 12.0. The van der Waals surface area contributed by atoms with Crippen LogP contribution in [0.25, 0.3) is 21.8 Å². The summed E-state index contributed by atoms with van der Waals surface area (Å²) in [7, 11) is -0.906. The van der Waals surface area contributed by atoms with Crippen LogP contribution < -0.4 is 9.92 Å². The summed E-state index contributed by atoms with van der Waals surface area (Å²) in [4.78, 5) is 9.08. The number of fused-ring (bicyclic) bond motifs is 3. The molecule has 2 heterocycles. The van der Waals surface area contributed by atoms with Gasteiger partial charge in [0, 0.05) is 31.1 Å². The summed E-state index contributed by atoms with van der Waals surface area (Å²) >= 11 is 0. The van der Waals surface area contributed by atoms with Crippen LogP contribution in [0.4, 0.5) is 5.82 Å². The largest absolute Gasteiger partial charge is 0.384 e. The maximum atomic E-state index is 11.9. The van der Waals surface area contributed by atoms with Gasteiger partial charge < -0.3 is 9.92 Å². The molecule has 0 aliphatic rings. The van der Waals surface area contributed by atoms with Gasteiger partial charge in [-0.1, -0.05) is 18.2 Å². The van der Waals surface area contributed by atoms with E-state index >= 15 is 0 Å². The van der Waals surface area contributed by atoms with E-state index in [0.717, 1.165) is 55.7 Å². The van der Waals surface area contributed by atoms with Crippen molar-refractivity contribution in [2.75, 3.05) is 19.8 Å². The van der Waals surface area contributed by atoms with Gasteiger partial charge in [-0.15, -0.1) is 0 Å². The molecule has 0 amide bonds. The molecule has 0 aliphatic heterocycles. The van der Waals surface area contributed by atoms with Crippen molar-refractivity contribution in [1.82, 2.24) is 14.3 Å². The monoisotopic (exact) mass is 450 g/mol. The second kappa shape index (κ2) is 8.37. The first-order chi connectivity index (χ1) is 15.1. The summed E-state index contributed by atoms with van der Waals surface area (Å²) in [5.41, 5.74) is 12.1. The number of nitrogens with zero attached hydrogens (tertiary/aromatic N) is 3. The van der Waals surface area contributed by atoms with Crippen molar-refractivity contribution in [3.63, 3.8) is 0 Å². The van der Waals surface area contributed by atoms with Gasteiger partial charge in [-0.05, 0) is 73.2 Å². The third-order valence-electron chi connectivity index (χ3n) is 5.52. The molecule has 0 spiro atoms. The number of pyridine rings is 2. The van der Waals surface area contributed by atoms with E-state index in [0.29, 0.717) is 17.1 Å². The van der Waals surface area contributed by atoms with Crippen LogP contribution in [0.2, 0.25) is 0 Å². The number of aromatic nitrogens is 2. The van der Waals surface area contributed by atoms with Crippen molar-refractivity contribution >= 4 is 37.9 Å². The molecule has 2 N–H and O–H groups in total. The minimum absolute atomic E-state index is 0.303. The summed E-state index contributed by atoms with van der Waals surface area (Å²) in [6.07, 6.45) is 3.42. The highest BCUT2D eigenvalue weighted by atomic mass is 32.2. The number of anilines is 1. The Morgan fingerprint density at radius 2 is 1.78 bits per heavy atom. The number of rotatable bonds is 6. The average Bonchev–Trinajstić information content (AvgIpc) is 2.72. The van der Waals surface area contributed by atoms with E-state index in [2.05, 4.69) is 28.2 Å². The van der Waals surface area contributed by atoms with Crippen molar-refractivity contribution in [1.29, 1.82) is 0 Å². The van der Waals surface area contributed by atoms with Crippen LogP contribution in [0.3, 0.4) is 0 Å². The molecule has 0 aliphatic carbocycles. The molecule has 0 unspecified atom stereocenters. The zero-order chi connectivity index (χ0) is 23.0. The maximum absolute atomic E-state index is 11.9. The van der Waals surface area contributed by atoms with Gasteiger partial charge in [-0.2, -0.15) is 12.7 Å². The van der Waals surface area contributed by atoms with E-state index in [1.165, 1.54) is 14.1 Å². The SMILES string of the molecule is Cc1ccc2c(c1)nc(N)c1ncc(CCc3ccc(OS(=O)(=O)N(C)C)cc3C)cc12. The first-order valence-electron chi connectivity index (χ1n) is 10.3. The lowest BCUT2D eigenvalue weighted by Crippen LogP contribution is -2.27. The Bertz CT molecular complexity index is 1430. The smallest absolute Gasteiger partial charge is 0.382 e. The molecule has 8 heteroatoms. The fourth-order valence-electron chi connectivity index (χ4n) is 3.67. The van der Waals surface area contributed by atoms with Gasteiger partial charge in [0.15, 0.2) is 5.82 Å². The van der Waals surface area contributed by atoms with Gasteiger partial charge >= 0.3 is 10.3 Å². The van der Waals surface area contributed by atoms with Gasteiger partial charge in [0.2, 0.25) is 0 Å². The van der Waals surface area contributed by atoms with Crippen molar-refractivity contribution in [3.8, 4) is 5.75 Å². The molecular formula is C24H26N4O3S. The lowest BCUT2D eigenvalue weighted by Gasteiger charge is -2.14. The summed E-state index contributed by atoms with van der Waals surface area (Å²) in [6.45, 7) is 3.98. The third-order valence-corrected chi connectivity index (χ3v) is 6.81. The Hall–Kier alpha value is -3.23. The van der Waals surface area contributed by atoms with E-state index in [-0.39, 0.29) is 0 Å². The Labute approximate surface area is 188 Å². The second-order valence-electron chi connectivity index (χ2n) is 8.17. The molecule has 0 radical (unpaired) electrons. The number of hydrogen-bond acceptors (Lipinski definition) is 6. The van der Waals surface area contributed by atoms with Crippen LogP contribution in [0.5, 0.6) is 5.75 Å². The topological polar surface area (TPSA) is 98.4 Å². The molecule has 2 aromatic carbocycles. The number of aryl methyl sites for hydroxylation is 4. The van der Waals surface area contributed by atoms with E-state index in [1.54, 1.807) is 12.1 Å². The number of hydrogen-bond donors (Lipinski definition) is 1. The molecule has 166 valence electrons. The molecule has 0 saturated carbocycles. The molecule has 4 aromatic rings. The molecular weight excluding hydrogens is 424 g/mol.